The fraction of sp³-hybridized carbons (Fsp3) is 0.760. The van der Waals surface area contributed by atoms with Crippen LogP contribution in [-0.4, -0.2) is 0 Å². The first-order valence-electron chi connectivity index (χ1n) is 11.8. The first-order chi connectivity index (χ1) is 13.3. The predicted molar refractivity (Wildman–Crippen MR) is 125 cm³/mol. The molecule has 1 fully saturated rings. The summed E-state index contributed by atoms with van der Waals surface area (Å²) >= 11 is 4.14. The summed E-state index contributed by atoms with van der Waals surface area (Å²) < 4.78 is 3.11. The summed E-state index contributed by atoms with van der Waals surface area (Å²) in [5, 5.41) is 0. The molecular weight excluding hydrogens is 364 g/mol. The van der Waals surface area contributed by atoms with E-state index in [-0.39, 0.29) is 0 Å². The Morgan fingerprint density at radius 2 is 1.22 bits per heavy atom. The van der Waals surface area contributed by atoms with Gasteiger partial charge in [0.25, 0.3) is 0 Å². The summed E-state index contributed by atoms with van der Waals surface area (Å²) in [4.78, 5) is 3.25. The highest BCUT2D eigenvalue weighted by molar-refractivity contribution is 7.27. The Hall–Kier alpha value is -0.340. The Balaban J connectivity index is 1.38. The van der Waals surface area contributed by atoms with E-state index < -0.39 is 0 Å². The van der Waals surface area contributed by atoms with E-state index >= 15 is 0 Å². The van der Waals surface area contributed by atoms with Gasteiger partial charge in [0, 0.05) is 19.2 Å². The van der Waals surface area contributed by atoms with Crippen molar-refractivity contribution in [3.63, 3.8) is 0 Å². The van der Waals surface area contributed by atoms with Crippen molar-refractivity contribution in [1.29, 1.82) is 0 Å². The Morgan fingerprint density at radius 3 is 1.85 bits per heavy atom. The van der Waals surface area contributed by atoms with Crippen molar-refractivity contribution >= 4 is 32.1 Å². The molecule has 2 heterocycles. The maximum absolute atomic E-state index is 2.51. The second-order valence-corrected chi connectivity index (χ2v) is 11.2. The smallest absolute Gasteiger partial charge is 0.0456 e. The molecule has 2 aromatic heterocycles. The van der Waals surface area contributed by atoms with Crippen LogP contribution in [0.2, 0.25) is 0 Å². The predicted octanol–water partition coefficient (Wildman–Crippen LogP) is 9.40. The van der Waals surface area contributed by atoms with Crippen molar-refractivity contribution in [2.45, 2.75) is 110 Å². The van der Waals surface area contributed by atoms with E-state index in [1.807, 2.05) is 0 Å². The first kappa shape index (κ1) is 21.4. The third-order valence-corrected chi connectivity index (χ3v) is 8.98. The minimum Gasteiger partial charge on any atom is -0.139 e. The number of unbranched alkanes of at least 4 members (excludes halogenated alkanes) is 5. The standard InChI is InChI=1S/C25H40S2/c1-3-5-7-8-9-11-22-18-24-25(26-22)19-23(27-24)17-16-21-14-12-20(13-15-21)10-6-4-2/h18-21H,3-17H2,1-2H3/t20-,21-. The molecule has 1 aliphatic rings. The first-order valence-corrected chi connectivity index (χ1v) is 13.4. The third-order valence-electron chi connectivity index (χ3n) is 6.57. The Morgan fingerprint density at radius 1 is 0.667 bits per heavy atom. The summed E-state index contributed by atoms with van der Waals surface area (Å²) in [6.45, 7) is 4.62. The number of hydrogen-bond acceptors (Lipinski definition) is 2. The number of rotatable bonds is 12. The molecule has 152 valence electrons. The van der Waals surface area contributed by atoms with Crippen molar-refractivity contribution in [3.8, 4) is 0 Å². The number of aryl methyl sites for hydroxylation is 2. The van der Waals surface area contributed by atoms with E-state index in [4.69, 9.17) is 0 Å². The third kappa shape index (κ3) is 6.89. The molecule has 0 aromatic carbocycles. The second-order valence-electron chi connectivity index (χ2n) is 8.89. The lowest BCUT2D eigenvalue weighted by Gasteiger charge is -2.28. The van der Waals surface area contributed by atoms with Crippen LogP contribution in [0.1, 0.15) is 107 Å². The maximum Gasteiger partial charge on any atom is 0.0456 e. The van der Waals surface area contributed by atoms with Crippen molar-refractivity contribution in [2.75, 3.05) is 0 Å². The van der Waals surface area contributed by atoms with Gasteiger partial charge in [-0.25, -0.2) is 0 Å². The SMILES string of the molecule is CCCCCCCc1cc2sc(CC[C@H]3CC[C@H](CCCC)CC3)cc2s1. The van der Waals surface area contributed by atoms with Crippen LogP contribution in [0.5, 0.6) is 0 Å². The molecule has 1 saturated carbocycles. The summed E-state index contributed by atoms with van der Waals surface area (Å²) in [7, 11) is 0. The highest BCUT2D eigenvalue weighted by Crippen LogP contribution is 2.37. The van der Waals surface area contributed by atoms with Gasteiger partial charge in [0.15, 0.2) is 0 Å². The van der Waals surface area contributed by atoms with Gasteiger partial charge in [-0.2, -0.15) is 0 Å². The Kier molecular flexibility index (Phi) is 9.19. The van der Waals surface area contributed by atoms with Crippen LogP contribution in [0.15, 0.2) is 12.1 Å². The van der Waals surface area contributed by atoms with Gasteiger partial charge in [-0.3, -0.25) is 0 Å². The molecule has 0 radical (unpaired) electrons. The zero-order valence-electron chi connectivity index (χ0n) is 17.7. The molecule has 0 aliphatic heterocycles. The normalized spacial score (nSPS) is 20.5. The molecule has 0 unspecified atom stereocenters. The van der Waals surface area contributed by atoms with Crippen LogP contribution in [0.25, 0.3) is 9.40 Å². The lowest BCUT2D eigenvalue weighted by molar-refractivity contribution is 0.250. The topological polar surface area (TPSA) is 0 Å². The van der Waals surface area contributed by atoms with Crippen LogP contribution in [0.3, 0.4) is 0 Å². The van der Waals surface area contributed by atoms with E-state index in [1.54, 1.807) is 19.2 Å². The zero-order chi connectivity index (χ0) is 18.9. The van der Waals surface area contributed by atoms with Gasteiger partial charge in [-0.15, -0.1) is 22.7 Å². The fourth-order valence-corrected chi connectivity index (χ4v) is 7.24. The van der Waals surface area contributed by atoms with Crippen LogP contribution in [0, 0.1) is 11.8 Å². The Bertz CT molecular complexity index is 611. The molecular formula is C25H40S2. The lowest BCUT2D eigenvalue weighted by atomic mass is 9.78. The molecule has 2 aromatic rings. The van der Waals surface area contributed by atoms with Crippen LogP contribution < -0.4 is 0 Å². The average Bonchev–Trinajstić information content (AvgIpc) is 3.23. The van der Waals surface area contributed by atoms with Gasteiger partial charge < -0.3 is 0 Å². The monoisotopic (exact) mass is 404 g/mol. The molecule has 0 bridgehead atoms. The number of thiophene rings is 2. The van der Waals surface area contributed by atoms with E-state index in [9.17, 15) is 0 Å². The minimum absolute atomic E-state index is 1.00. The summed E-state index contributed by atoms with van der Waals surface area (Å²) in [6, 6.07) is 5.01. The van der Waals surface area contributed by atoms with Gasteiger partial charge in [0.2, 0.25) is 0 Å². The van der Waals surface area contributed by atoms with Gasteiger partial charge in [0.1, 0.15) is 0 Å². The molecule has 27 heavy (non-hydrogen) atoms. The van der Waals surface area contributed by atoms with Crippen molar-refractivity contribution < 1.29 is 0 Å². The minimum atomic E-state index is 1.00. The second kappa shape index (κ2) is 11.6. The number of hydrogen-bond donors (Lipinski definition) is 0. The average molecular weight is 405 g/mol. The van der Waals surface area contributed by atoms with Crippen LogP contribution in [-0.2, 0) is 12.8 Å². The molecule has 3 rings (SSSR count). The molecule has 0 atom stereocenters. The highest BCUT2D eigenvalue weighted by atomic mass is 32.1. The summed E-state index contributed by atoms with van der Waals surface area (Å²) in [5.41, 5.74) is 0. The molecule has 0 saturated heterocycles. The fourth-order valence-electron chi connectivity index (χ4n) is 4.73. The van der Waals surface area contributed by atoms with Gasteiger partial charge in [0.05, 0.1) is 0 Å². The van der Waals surface area contributed by atoms with Crippen molar-refractivity contribution in [1.82, 2.24) is 0 Å². The van der Waals surface area contributed by atoms with Crippen LogP contribution in [0.4, 0.5) is 0 Å². The molecule has 2 heteroatoms. The molecule has 0 amide bonds. The summed E-state index contributed by atoms with van der Waals surface area (Å²) in [5.74, 6) is 2.05. The summed E-state index contributed by atoms with van der Waals surface area (Å²) in [6.07, 6.45) is 21.3. The number of fused-ring (bicyclic) bond motifs is 1. The van der Waals surface area contributed by atoms with E-state index in [2.05, 4.69) is 48.7 Å². The van der Waals surface area contributed by atoms with Crippen LogP contribution >= 0.6 is 22.7 Å². The zero-order valence-corrected chi connectivity index (χ0v) is 19.4. The van der Waals surface area contributed by atoms with E-state index in [0.717, 1.165) is 11.8 Å². The molecule has 0 nitrogen and oxygen atoms in total. The van der Waals surface area contributed by atoms with Gasteiger partial charge in [-0.1, -0.05) is 84.5 Å². The molecule has 0 spiro atoms. The van der Waals surface area contributed by atoms with Crippen molar-refractivity contribution in [2.24, 2.45) is 11.8 Å². The van der Waals surface area contributed by atoms with E-state index in [1.165, 1.54) is 96.3 Å². The largest absolute Gasteiger partial charge is 0.139 e. The maximum atomic E-state index is 2.51. The Labute approximate surface area is 175 Å². The van der Waals surface area contributed by atoms with Gasteiger partial charge >= 0.3 is 0 Å². The van der Waals surface area contributed by atoms with E-state index in [0.29, 0.717) is 0 Å². The quantitative estimate of drug-likeness (QED) is 0.309. The lowest BCUT2D eigenvalue weighted by Crippen LogP contribution is -2.15. The van der Waals surface area contributed by atoms with Gasteiger partial charge in [-0.05, 0) is 49.7 Å². The highest BCUT2D eigenvalue weighted by Gasteiger charge is 2.20. The van der Waals surface area contributed by atoms with Crippen molar-refractivity contribution in [3.05, 3.63) is 21.9 Å². The molecule has 1 aliphatic carbocycles. The molecule has 0 N–H and O–H groups in total.